The molecule has 1 amide bonds. The van der Waals surface area contributed by atoms with Crippen molar-refractivity contribution in [3.05, 3.63) is 29.3 Å². The standard InChI is InChI=1S/C14H19NO3/c1-5-10(3)15-14(17)13(16)11-6-7-12(18-4)9(2)8-11/h6-8,10H,5H2,1-4H3,(H,15,17). The van der Waals surface area contributed by atoms with E-state index in [1.165, 1.54) is 0 Å². The zero-order valence-corrected chi connectivity index (χ0v) is 11.2. The van der Waals surface area contributed by atoms with Gasteiger partial charge in [-0.25, -0.2) is 0 Å². The first kappa shape index (κ1) is 14.2. The largest absolute Gasteiger partial charge is 0.496 e. The van der Waals surface area contributed by atoms with Crippen LogP contribution in [0.4, 0.5) is 0 Å². The molecule has 1 aromatic carbocycles. The Kier molecular flexibility index (Phi) is 4.89. The van der Waals surface area contributed by atoms with Crippen LogP contribution in [0.2, 0.25) is 0 Å². The Morgan fingerprint density at radius 2 is 2.06 bits per heavy atom. The fourth-order valence-corrected chi connectivity index (χ4v) is 1.54. The molecule has 1 atom stereocenters. The van der Waals surface area contributed by atoms with Crippen molar-refractivity contribution in [3.8, 4) is 5.75 Å². The molecule has 1 N–H and O–H groups in total. The molecule has 0 radical (unpaired) electrons. The minimum atomic E-state index is -0.561. The molecule has 4 nitrogen and oxygen atoms in total. The average molecular weight is 249 g/mol. The number of ketones is 1. The van der Waals surface area contributed by atoms with Crippen molar-refractivity contribution >= 4 is 11.7 Å². The van der Waals surface area contributed by atoms with E-state index in [0.717, 1.165) is 12.0 Å². The summed E-state index contributed by atoms with van der Waals surface area (Å²) in [6.07, 6.45) is 0.792. The van der Waals surface area contributed by atoms with Crippen LogP contribution < -0.4 is 10.1 Å². The van der Waals surface area contributed by atoms with Gasteiger partial charge in [0.15, 0.2) is 0 Å². The molecule has 0 aliphatic carbocycles. The molecule has 0 saturated heterocycles. The van der Waals surface area contributed by atoms with Crippen LogP contribution >= 0.6 is 0 Å². The predicted molar refractivity (Wildman–Crippen MR) is 70.0 cm³/mol. The highest BCUT2D eigenvalue weighted by atomic mass is 16.5. The van der Waals surface area contributed by atoms with Gasteiger partial charge in [-0.2, -0.15) is 0 Å². The van der Waals surface area contributed by atoms with Gasteiger partial charge in [0.1, 0.15) is 5.75 Å². The molecular formula is C14H19NO3. The minimum Gasteiger partial charge on any atom is -0.496 e. The van der Waals surface area contributed by atoms with Gasteiger partial charge in [-0.15, -0.1) is 0 Å². The zero-order chi connectivity index (χ0) is 13.7. The molecule has 0 spiro atoms. The lowest BCUT2D eigenvalue weighted by Crippen LogP contribution is -2.37. The Morgan fingerprint density at radius 3 is 2.56 bits per heavy atom. The molecule has 0 saturated carbocycles. The molecule has 1 rings (SSSR count). The molecule has 1 unspecified atom stereocenters. The van der Waals surface area contributed by atoms with Gasteiger partial charge >= 0.3 is 0 Å². The number of Topliss-reactive ketones (excluding diaryl/α,β-unsaturated/α-hetero) is 1. The first-order chi connectivity index (χ1) is 8.49. The molecule has 0 heterocycles. The van der Waals surface area contributed by atoms with Crippen LogP contribution in [0.3, 0.4) is 0 Å². The van der Waals surface area contributed by atoms with Gasteiger partial charge in [0.25, 0.3) is 5.91 Å². The van der Waals surface area contributed by atoms with Gasteiger partial charge in [0.05, 0.1) is 7.11 Å². The lowest BCUT2D eigenvalue weighted by atomic mass is 10.1. The lowest BCUT2D eigenvalue weighted by molar-refractivity contribution is -0.117. The number of rotatable bonds is 5. The number of carbonyl (C=O) groups is 2. The van der Waals surface area contributed by atoms with Gasteiger partial charge in [-0.05, 0) is 44.0 Å². The molecule has 98 valence electrons. The monoisotopic (exact) mass is 249 g/mol. The van der Waals surface area contributed by atoms with Crippen molar-refractivity contribution in [1.82, 2.24) is 5.32 Å². The molecule has 0 aromatic heterocycles. The summed E-state index contributed by atoms with van der Waals surface area (Å²) in [7, 11) is 1.57. The maximum Gasteiger partial charge on any atom is 0.292 e. The molecule has 0 fully saturated rings. The Morgan fingerprint density at radius 1 is 1.39 bits per heavy atom. The summed E-state index contributed by atoms with van der Waals surface area (Å²) in [5.41, 5.74) is 1.22. The van der Waals surface area contributed by atoms with E-state index in [2.05, 4.69) is 5.32 Å². The third-order valence-corrected chi connectivity index (χ3v) is 2.85. The number of hydrogen-bond acceptors (Lipinski definition) is 3. The molecule has 4 heteroatoms. The highest BCUT2D eigenvalue weighted by Gasteiger charge is 2.18. The highest BCUT2D eigenvalue weighted by molar-refractivity contribution is 6.42. The third kappa shape index (κ3) is 3.32. The Balaban J connectivity index is 2.84. The number of nitrogens with one attached hydrogen (secondary N) is 1. The number of hydrogen-bond donors (Lipinski definition) is 1. The quantitative estimate of drug-likeness (QED) is 0.642. The average Bonchev–Trinajstić information content (AvgIpc) is 2.37. The summed E-state index contributed by atoms with van der Waals surface area (Å²) in [4.78, 5) is 23.6. The molecule has 0 bridgehead atoms. The van der Waals surface area contributed by atoms with Crippen molar-refractivity contribution < 1.29 is 14.3 Å². The van der Waals surface area contributed by atoms with Crippen LogP contribution in [0.1, 0.15) is 36.2 Å². The van der Waals surface area contributed by atoms with Crippen molar-refractivity contribution in [2.24, 2.45) is 0 Å². The summed E-state index contributed by atoms with van der Waals surface area (Å²) in [6, 6.07) is 4.96. The van der Waals surface area contributed by atoms with Crippen LogP contribution in [0, 0.1) is 6.92 Å². The fraction of sp³-hybridized carbons (Fsp3) is 0.429. The summed E-state index contributed by atoms with van der Waals surface area (Å²) < 4.78 is 5.11. The SMILES string of the molecule is CCC(C)NC(=O)C(=O)c1ccc(OC)c(C)c1. The van der Waals surface area contributed by atoms with E-state index in [4.69, 9.17) is 4.74 Å². The smallest absolute Gasteiger partial charge is 0.292 e. The summed E-state index contributed by atoms with van der Waals surface area (Å²) >= 11 is 0. The topological polar surface area (TPSA) is 55.4 Å². The van der Waals surface area contributed by atoms with Crippen LogP contribution in [0.5, 0.6) is 5.75 Å². The third-order valence-electron chi connectivity index (χ3n) is 2.85. The predicted octanol–water partition coefficient (Wildman–Crippen LogP) is 2.10. The van der Waals surface area contributed by atoms with Gasteiger partial charge in [0, 0.05) is 11.6 Å². The van der Waals surface area contributed by atoms with Crippen LogP contribution in [-0.2, 0) is 4.79 Å². The maximum atomic E-state index is 11.9. The van der Waals surface area contributed by atoms with E-state index in [0.29, 0.717) is 11.3 Å². The highest BCUT2D eigenvalue weighted by Crippen LogP contribution is 2.18. The number of ether oxygens (including phenoxy) is 1. The van der Waals surface area contributed by atoms with Gasteiger partial charge in [-0.3, -0.25) is 9.59 Å². The van der Waals surface area contributed by atoms with E-state index in [-0.39, 0.29) is 6.04 Å². The van der Waals surface area contributed by atoms with E-state index in [1.54, 1.807) is 25.3 Å². The zero-order valence-electron chi connectivity index (χ0n) is 11.2. The summed E-state index contributed by atoms with van der Waals surface area (Å²) in [5, 5.41) is 2.66. The van der Waals surface area contributed by atoms with Crippen molar-refractivity contribution in [2.75, 3.05) is 7.11 Å². The fourth-order valence-electron chi connectivity index (χ4n) is 1.54. The van der Waals surface area contributed by atoms with E-state index >= 15 is 0 Å². The second-order valence-electron chi connectivity index (χ2n) is 4.30. The molecule has 0 aliphatic heterocycles. The lowest BCUT2D eigenvalue weighted by Gasteiger charge is -2.11. The number of methoxy groups -OCH3 is 1. The Labute approximate surface area is 107 Å². The number of carbonyl (C=O) groups excluding carboxylic acids is 2. The van der Waals surface area contributed by atoms with Crippen molar-refractivity contribution in [3.63, 3.8) is 0 Å². The molecular weight excluding hydrogens is 230 g/mol. The van der Waals surface area contributed by atoms with Crippen LogP contribution in [-0.4, -0.2) is 24.8 Å². The maximum absolute atomic E-state index is 11.9. The molecule has 1 aromatic rings. The minimum absolute atomic E-state index is 0.000736. The van der Waals surface area contributed by atoms with Gasteiger partial charge in [0.2, 0.25) is 5.78 Å². The molecule has 18 heavy (non-hydrogen) atoms. The second kappa shape index (κ2) is 6.19. The van der Waals surface area contributed by atoms with Gasteiger partial charge in [-0.1, -0.05) is 6.92 Å². The van der Waals surface area contributed by atoms with E-state index < -0.39 is 11.7 Å². The number of amides is 1. The normalized spacial score (nSPS) is 11.8. The van der Waals surface area contributed by atoms with Gasteiger partial charge < -0.3 is 10.1 Å². The first-order valence-corrected chi connectivity index (χ1v) is 5.99. The number of aryl methyl sites for hydroxylation is 1. The number of benzene rings is 1. The van der Waals surface area contributed by atoms with E-state index in [9.17, 15) is 9.59 Å². The molecule has 0 aliphatic rings. The van der Waals surface area contributed by atoms with Crippen molar-refractivity contribution in [1.29, 1.82) is 0 Å². The second-order valence-corrected chi connectivity index (χ2v) is 4.30. The Bertz CT molecular complexity index is 454. The Hall–Kier alpha value is -1.84. The van der Waals surface area contributed by atoms with Crippen LogP contribution in [0.25, 0.3) is 0 Å². The first-order valence-electron chi connectivity index (χ1n) is 5.99. The van der Waals surface area contributed by atoms with Crippen LogP contribution in [0.15, 0.2) is 18.2 Å². The summed E-state index contributed by atoms with van der Waals surface area (Å²) in [6.45, 7) is 5.65. The summed E-state index contributed by atoms with van der Waals surface area (Å²) in [5.74, 6) is -0.371. The van der Waals surface area contributed by atoms with Crippen molar-refractivity contribution in [2.45, 2.75) is 33.2 Å². The van der Waals surface area contributed by atoms with E-state index in [1.807, 2.05) is 20.8 Å².